The summed E-state index contributed by atoms with van der Waals surface area (Å²) in [5.41, 5.74) is 3.01. The SMILES string of the molecule is O=CNc1ccc(CNc2cccc3ccncc23)cc1. The number of hydrogen-bond donors (Lipinski definition) is 2. The second-order valence-electron chi connectivity index (χ2n) is 4.72. The summed E-state index contributed by atoms with van der Waals surface area (Å²) in [5.74, 6) is 0. The number of carbonyl (C=O) groups is 1. The molecule has 104 valence electrons. The number of carbonyl (C=O) groups excluding carboxylic acids is 1. The van der Waals surface area contributed by atoms with Crippen LogP contribution >= 0.6 is 0 Å². The van der Waals surface area contributed by atoms with Gasteiger partial charge in [-0.05, 0) is 35.2 Å². The molecule has 2 aromatic carbocycles. The van der Waals surface area contributed by atoms with E-state index in [1.165, 1.54) is 5.39 Å². The van der Waals surface area contributed by atoms with Gasteiger partial charge in [-0.2, -0.15) is 0 Å². The second kappa shape index (κ2) is 6.05. The van der Waals surface area contributed by atoms with E-state index in [0.29, 0.717) is 6.41 Å². The van der Waals surface area contributed by atoms with Gasteiger partial charge in [0.2, 0.25) is 6.41 Å². The normalized spacial score (nSPS) is 10.3. The fourth-order valence-electron chi connectivity index (χ4n) is 2.25. The smallest absolute Gasteiger partial charge is 0.211 e. The molecule has 1 aromatic heterocycles. The molecule has 0 saturated carbocycles. The van der Waals surface area contributed by atoms with Crippen molar-refractivity contribution in [3.8, 4) is 0 Å². The van der Waals surface area contributed by atoms with Crippen LogP contribution in [-0.2, 0) is 11.3 Å². The minimum absolute atomic E-state index is 0.677. The number of nitrogens with one attached hydrogen (secondary N) is 2. The molecule has 0 saturated heterocycles. The van der Waals surface area contributed by atoms with Crippen LogP contribution in [0.1, 0.15) is 5.56 Å². The topological polar surface area (TPSA) is 54.0 Å². The summed E-state index contributed by atoms with van der Waals surface area (Å²) in [6.45, 7) is 0.718. The highest BCUT2D eigenvalue weighted by atomic mass is 16.1. The summed E-state index contributed by atoms with van der Waals surface area (Å²) in [6.07, 6.45) is 4.34. The molecule has 0 radical (unpaired) electrons. The third-order valence-corrected chi connectivity index (χ3v) is 3.35. The Labute approximate surface area is 122 Å². The first-order chi connectivity index (χ1) is 10.4. The third-order valence-electron chi connectivity index (χ3n) is 3.35. The van der Waals surface area contributed by atoms with Gasteiger partial charge in [0, 0.05) is 35.7 Å². The first-order valence-corrected chi connectivity index (χ1v) is 6.72. The van der Waals surface area contributed by atoms with E-state index in [1.807, 2.05) is 48.7 Å². The Kier molecular flexibility index (Phi) is 3.78. The molecule has 1 heterocycles. The van der Waals surface area contributed by atoms with Gasteiger partial charge >= 0.3 is 0 Å². The molecule has 0 aliphatic heterocycles. The van der Waals surface area contributed by atoms with Crippen molar-refractivity contribution in [3.05, 3.63) is 66.5 Å². The summed E-state index contributed by atoms with van der Waals surface area (Å²) in [5, 5.41) is 8.33. The lowest BCUT2D eigenvalue weighted by atomic mass is 10.1. The number of pyridine rings is 1. The molecule has 4 heteroatoms. The third kappa shape index (κ3) is 3.00. The molecular weight excluding hydrogens is 262 g/mol. The first-order valence-electron chi connectivity index (χ1n) is 6.72. The van der Waals surface area contributed by atoms with Crippen LogP contribution in [0.5, 0.6) is 0 Å². The van der Waals surface area contributed by atoms with E-state index in [1.54, 1.807) is 6.20 Å². The van der Waals surface area contributed by atoms with Crippen molar-refractivity contribution >= 4 is 28.6 Å². The van der Waals surface area contributed by atoms with E-state index in [2.05, 4.69) is 21.7 Å². The van der Waals surface area contributed by atoms with Gasteiger partial charge in [0.05, 0.1) is 0 Å². The van der Waals surface area contributed by atoms with E-state index in [0.717, 1.165) is 28.9 Å². The molecule has 0 spiro atoms. The number of nitrogens with zero attached hydrogens (tertiary/aromatic N) is 1. The first kappa shape index (κ1) is 13.1. The largest absolute Gasteiger partial charge is 0.380 e. The predicted octanol–water partition coefficient (Wildman–Crippen LogP) is 3.42. The Morgan fingerprint density at radius 3 is 2.71 bits per heavy atom. The molecule has 0 fully saturated rings. The molecule has 21 heavy (non-hydrogen) atoms. The highest BCUT2D eigenvalue weighted by molar-refractivity contribution is 5.93. The summed E-state index contributed by atoms with van der Waals surface area (Å²) in [4.78, 5) is 14.5. The maximum atomic E-state index is 10.4. The van der Waals surface area contributed by atoms with E-state index in [9.17, 15) is 4.79 Å². The number of aromatic nitrogens is 1. The van der Waals surface area contributed by atoms with Crippen LogP contribution in [0.2, 0.25) is 0 Å². The maximum absolute atomic E-state index is 10.4. The van der Waals surface area contributed by atoms with Gasteiger partial charge in [0.15, 0.2) is 0 Å². The molecule has 3 rings (SSSR count). The lowest BCUT2D eigenvalue weighted by Crippen LogP contribution is -2.00. The highest BCUT2D eigenvalue weighted by Crippen LogP contribution is 2.22. The lowest BCUT2D eigenvalue weighted by Gasteiger charge is -2.10. The zero-order valence-electron chi connectivity index (χ0n) is 11.4. The quantitative estimate of drug-likeness (QED) is 0.703. The Hall–Kier alpha value is -2.88. The standard InChI is InChI=1S/C17H15N3O/c21-12-20-15-6-4-13(5-7-15)10-19-17-3-1-2-14-8-9-18-11-16(14)17/h1-9,11-12,19H,10H2,(H,20,21). The molecule has 0 bridgehead atoms. The van der Waals surface area contributed by atoms with Gasteiger partial charge in [0.25, 0.3) is 0 Å². The molecule has 4 nitrogen and oxygen atoms in total. The monoisotopic (exact) mass is 277 g/mol. The Balaban J connectivity index is 1.75. The highest BCUT2D eigenvalue weighted by Gasteiger charge is 2.00. The number of anilines is 2. The Morgan fingerprint density at radius 1 is 1.05 bits per heavy atom. The van der Waals surface area contributed by atoms with Gasteiger partial charge in [-0.25, -0.2) is 0 Å². The van der Waals surface area contributed by atoms with Crippen LogP contribution in [0.4, 0.5) is 11.4 Å². The molecule has 0 unspecified atom stereocenters. The van der Waals surface area contributed by atoms with Gasteiger partial charge in [-0.3, -0.25) is 9.78 Å². The van der Waals surface area contributed by atoms with Crippen LogP contribution < -0.4 is 10.6 Å². The minimum atomic E-state index is 0.677. The van der Waals surface area contributed by atoms with Crippen molar-refractivity contribution in [2.75, 3.05) is 10.6 Å². The number of fused-ring (bicyclic) bond motifs is 1. The summed E-state index contributed by atoms with van der Waals surface area (Å²) >= 11 is 0. The van der Waals surface area contributed by atoms with Crippen LogP contribution in [0.25, 0.3) is 10.8 Å². The van der Waals surface area contributed by atoms with Crippen molar-refractivity contribution < 1.29 is 4.79 Å². The molecule has 0 aliphatic carbocycles. The van der Waals surface area contributed by atoms with Crippen molar-refractivity contribution in [3.63, 3.8) is 0 Å². The van der Waals surface area contributed by atoms with E-state index in [-0.39, 0.29) is 0 Å². The van der Waals surface area contributed by atoms with Crippen LogP contribution in [0, 0.1) is 0 Å². The zero-order valence-corrected chi connectivity index (χ0v) is 11.4. The molecule has 0 atom stereocenters. The van der Waals surface area contributed by atoms with E-state index in [4.69, 9.17) is 0 Å². The molecule has 2 N–H and O–H groups in total. The summed E-state index contributed by atoms with van der Waals surface area (Å²) in [6, 6.07) is 15.9. The predicted molar refractivity (Wildman–Crippen MR) is 85.2 cm³/mol. The maximum Gasteiger partial charge on any atom is 0.211 e. The summed E-state index contributed by atoms with van der Waals surface area (Å²) in [7, 11) is 0. The number of amides is 1. The van der Waals surface area contributed by atoms with Crippen molar-refractivity contribution in [1.29, 1.82) is 0 Å². The van der Waals surface area contributed by atoms with Crippen LogP contribution in [0.3, 0.4) is 0 Å². The average molecular weight is 277 g/mol. The van der Waals surface area contributed by atoms with Crippen molar-refractivity contribution in [1.82, 2.24) is 4.98 Å². The van der Waals surface area contributed by atoms with Gasteiger partial charge < -0.3 is 10.6 Å². The number of benzene rings is 2. The van der Waals surface area contributed by atoms with Crippen molar-refractivity contribution in [2.24, 2.45) is 0 Å². The van der Waals surface area contributed by atoms with E-state index < -0.39 is 0 Å². The van der Waals surface area contributed by atoms with Crippen LogP contribution in [0.15, 0.2) is 60.9 Å². The molecule has 0 aliphatic rings. The second-order valence-corrected chi connectivity index (χ2v) is 4.72. The Morgan fingerprint density at radius 2 is 1.90 bits per heavy atom. The van der Waals surface area contributed by atoms with Crippen molar-refractivity contribution in [2.45, 2.75) is 6.54 Å². The summed E-state index contributed by atoms with van der Waals surface area (Å²) < 4.78 is 0. The van der Waals surface area contributed by atoms with Gasteiger partial charge in [-0.1, -0.05) is 24.3 Å². The van der Waals surface area contributed by atoms with Gasteiger partial charge in [-0.15, -0.1) is 0 Å². The molecular formula is C17H15N3O. The van der Waals surface area contributed by atoms with E-state index >= 15 is 0 Å². The van der Waals surface area contributed by atoms with Gasteiger partial charge in [0.1, 0.15) is 0 Å². The van der Waals surface area contributed by atoms with Crippen LogP contribution in [-0.4, -0.2) is 11.4 Å². The fourth-order valence-corrected chi connectivity index (χ4v) is 2.25. The number of hydrogen-bond acceptors (Lipinski definition) is 3. The lowest BCUT2D eigenvalue weighted by molar-refractivity contribution is -0.105. The number of rotatable bonds is 5. The zero-order chi connectivity index (χ0) is 14.5. The minimum Gasteiger partial charge on any atom is -0.380 e. The Bertz CT molecular complexity index is 748. The molecule has 1 amide bonds. The average Bonchev–Trinajstić information content (AvgIpc) is 2.54. The molecule has 3 aromatic rings. The fraction of sp³-hybridized carbons (Fsp3) is 0.0588.